The molecule has 3 nitrogen and oxygen atoms in total. The van der Waals surface area contributed by atoms with E-state index >= 15 is 0 Å². The maximum atomic E-state index is 5.76. The first-order valence-electron chi connectivity index (χ1n) is 7.63. The van der Waals surface area contributed by atoms with E-state index in [0.717, 1.165) is 31.5 Å². The quantitative estimate of drug-likeness (QED) is 0.856. The van der Waals surface area contributed by atoms with Crippen LogP contribution in [0.2, 0.25) is 0 Å². The lowest BCUT2D eigenvalue weighted by molar-refractivity contribution is 0.182. The molecule has 3 heteroatoms. The van der Waals surface area contributed by atoms with Crippen molar-refractivity contribution >= 4 is 0 Å². The molecule has 0 unspecified atom stereocenters. The number of hydrogen-bond donors (Lipinski definition) is 1. The molecule has 106 valence electrons. The summed E-state index contributed by atoms with van der Waals surface area (Å²) in [5.41, 5.74) is 7.13. The molecule has 0 amide bonds. The van der Waals surface area contributed by atoms with E-state index in [2.05, 4.69) is 28.9 Å². The van der Waals surface area contributed by atoms with E-state index < -0.39 is 0 Å². The largest absolute Gasteiger partial charge is 0.330 e. The van der Waals surface area contributed by atoms with Crippen molar-refractivity contribution in [2.75, 3.05) is 19.6 Å². The Morgan fingerprint density at radius 3 is 2.37 bits per heavy atom. The van der Waals surface area contributed by atoms with Crippen molar-refractivity contribution in [3.63, 3.8) is 0 Å². The second-order valence-corrected chi connectivity index (χ2v) is 5.81. The molecule has 0 radical (unpaired) electrons. The summed E-state index contributed by atoms with van der Waals surface area (Å²) in [7, 11) is 0. The molecule has 1 fully saturated rings. The SMILES string of the molecule is CCN(Cc1ccncc1)CC1CCC(CN)CC1. The van der Waals surface area contributed by atoms with Gasteiger partial charge in [-0.25, -0.2) is 0 Å². The molecule has 1 aliphatic carbocycles. The summed E-state index contributed by atoms with van der Waals surface area (Å²) in [5.74, 6) is 1.65. The molecule has 0 spiro atoms. The second-order valence-electron chi connectivity index (χ2n) is 5.81. The van der Waals surface area contributed by atoms with Gasteiger partial charge in [-0.15, -0.1) is 0 Å². The van der Waals surface area contributed by atoms with Gasteiger partial charge in [0.2, 0.25) is 0 Å². The molecule has 1 aromatic heterocycles. The van der Waals surface area contributed by atoms with Crippen LogP contribution < -0.4 is 5.73 Å². The van der Waals surface area contributed by atoms with Gasteiger partial charge in [-0.2, -0.15) is 0 Å². The van der Waals surface area contributed by atoms with Gasteiger partial charge in [-0.05, 0) is 68.3 Å². The standard InChI is InChI=1S/C16H27N3/c1-2-19(13-16-7-9-18-10-8-16)12-15-5-3-14(11-17)4-6-15/h7-10,14-15H,2-6,11-13,17H2,1H3. The van der Waals surface area contributed by atoms with Crippen LogP contribution in [-0.2, 0) is 6.54 Å². The third-order valence-electron chi connectivity index (χ3n) is 4.42. The van der Waals surface area contributed by atoms with Crippen LogP contribution in [-0.4, -0.2) is 29.5 Å². The number of aromatic nitrogens is 1. The molecule has 0 aliphatic heterocycles. The minimum absolute atomic E-state index is 0.784. The highest BCUT2D eigenvalue weighted by atomic mass is 15.1. The average molecular weight is 261 g/mol. The van der Waals surface area contributed by atoms with Crippen LogP contribution in [0.4, 0.5) is 0 Å². The Kier molecular flexibility index (Phi) is 5.80. The van der Waals surface area contributed by atoms with Gasteiger partial charge in [0.15, 0.2) is 0 Å². The lowest BCUT2D eigenvalue weighted by atomic mass is 9.82. The number of hydrogen-bond acceptors (Lipinski definition) is 3. The Bertz CT molecular complexity index is 344. The van der Waals surface area contributed by atoms with Crippen LogP contribution in [0, 0.1) is 11.8 Å². The van der Waals surface area contributed by atoms with Gasteiger partial charge in [-0.1, -0.05) is 6.92 Å². The predicted molar refractivity (Wildman–Crippen MR) is 79.7 cm³/mol. The van der Waals surface area contributed by atoms with Gasteiger partial charge >= 0.3 is 0 Å². The van der Waals surface area contributed by atoms with Crippen LogP contribution in [0.25, 0.3) is 0 Å². The lowest BCUT2D eigenvalue weighted by Gasteiger charge is -2.32. The van der Waals surface area contributed by atoms with Crippen molar-refractivity contribution < 1.29 is 0 Å². The third-order valence-corrected chi connectivity index (χ3v) is 4.42. The fourth-order valence-electron chi connectivity index (χ4n) is 3.07. The second kappa shape index (κ2) is 7.61. The van der Waals surface area contributed by atoms with E-state index in [0.29, 0.717) is 0 Å². The molecule has 0 aromatic carbocycles. The molecule has 2 N–H and O–H groups in total. The topological polar surface area (TPSA) is 42.2 Å². The highest BCUT2D eigenvalue weighted by Gasteiger charge is 2.21. The zero-order chi connectivity index (χ0) is 13.5. The predicted octanol–water partition coefficient (Wildman–Crippen LogP) is 2.67. The summed E-state index contributed by atoms with van der Waals surface area (Å²) >= 11 is 0. The normalized spacial score (nSPS) is 23.7. The summed E-state index contributed by atoms with van der Waals surface area (Å²) in [6, 6.07) is 4.24. The lowest BCUT2D eigenvalue weighted by Crippen LogP contribution is -2.32. The van der Waals surface area contributed by atoms with Crippen LogP contribution >= 0.6 is 0 Å². The number of pyridine rings is 1. The van der Waals surface area contributed by atoms with E-state index in [-0.39, 0.29) is 0 Å². The smallest absolute Gasteiger partial charge is 0.0271 e. The first-order valence-corrected chi connectivity index (χ1v) is 7.63. The summed E-state index contributed by atoms with van der Waals surface area (Å²) in [6.45, 7) is 6.54. The summed E-state index contributed by atoms with van der Waals surface area (Å²) in [4.78, 5) is 6.64. The Hall–Kier alpha value is -0.930. The van der Waals surface area contributed by atoms with Crippen LogP contribution in [0.1, 0.15) is 38.2 Å². The fourth-order valence-corrected chi connectivity index (χ4v) is 3.07. The molecule has 0 saturated heterocycles. The van der Waals surface area contributed by atoms with Gasteiger partial charge in [0.1, 0.15) is 0 Å². The first kappa shape index (κ1) is 14.5. The minimum atomic E-state index is 0.784. The van der Waals surface area contributed by atoms with Crippen LogP contribution in [0.3, 0.4) is 0 Å². The molecular weight excluding hydrogens is 234 g/mol. The Morgan fingerprint density at radius 1 is 1.16 bits per heavy atom. The zero-order valence-electron chi connectivity index (χ0n) is 12.1. The van der Waals surface area contributed by atoms with Crippen molar-refractivity contribution in [3.8, 4) is 0 Å². The molecule has 1 aliphatic rings. The number of rotatable bonds is 6. The number of nitrogens with zero attached hydrogens (tertiary/aromatic N) is 2. The molecule has 1 saturated carbocycles. The van der Waals surface area contributed by atoms with Crippen molar-refractivity contribution in [3.05, 3.63) is 30.1 Å². The Morgan fingerprint density at radius 2 is 1.79 bits per heavy atom. The van der Waals surface area contributed by atoms with Crippen molar-refractivity contribution in [2.24, 2.45) is 17.6 Å². The molecule has 0 bridgehead atoms. The Balaban J connectivity index is 1.79. The third kappa shape index (κ3) is 4.59. The molecule has 0 atom stereocenters. The summed E-state index contributed by atoms with van der Waals surface area (Å²) in [6.07, 6.45) is 9.14. The van der Waals surface area contributed by atoms with Gasteiger partial charge in [0.25, 0.3) is 0 Å². The maximum Gasteiger partial charge on any atom is 0.0271 e. The van der Waals surface area contributed by atoms with Gasteiger partial charge in [0, 0.05) is 25.5 Å². The minimum Gasteiger partial charge on any atom is -0.330 e. The maximum absolute atomic E-state index is 5.76. The molecular formula is C16H27N3. The van der Waals surface area contributed by atoms with Crippen LogP contribution in [0.5, 0.6) is 0 Å². The fraction of sp³-hybridized carbons (Fsp3) is 0.688. The number of nitrogens with two attached hydrogens (primary N) is 1. The average Bonchev–Trinajstić information content (AvgIpc) is 2.48. The van der Waals surface area contributed by atoms with Gasteiger partial charge in [0.05, 0.1) is 0 Å². The molecule has 2 rings (SSSR count). The van der Waals surface area contributed by atoms with Gasteiger partial charge in [-0.3, -0.25) is 9.88 Å². The monoisotopic (exact) mass is 261 g/mol. The molecule has 1 heterocycles. The van der Waals surface area contributed by atoms with Crippen molar-refractivity contribution in [1.82, 2.24) is 9.88 Å². The van der Waals surface area contributed by atoms with E-state index in [1.807, 2.05) is 12.4 Å². The Labute approximate surface area is 117 Å². The van der Waals surface area contributed by atoms with E-state index in [1.54, 1.807) is 0 Å². The summed E-state index contributed by atoms with van der Waals surface area (Å²) < 4.78 is 0. The highest BCUT2D eigenvalue weighted by Crippen LogP contribution is 2.28. The van der Waals surface area contributed by atoms with Gasteiger partial charge < -0.3 is 5.73 Å². The molecule has 1 aromatic rings. The van der Waals surface area contributed by atoms with Crippen molar-refractivity contribution in [1.29, 1.82) is 0 Å². The summed E-state index contributed by atoms with van der Waals surface area (Å²) in [5, 5.41) is 0. The van der Waals surface area contributed by atoms with E-state index in [1.165, 1.54) is 37.8 Å². The highest BCUT2D eigenvalue weighted by molar-refractivity contribution is 5.09. The zero-order valence-corrected chi connectivity index (χ0v) is 12.1. The van der Waals surface area contributed by atoms with Crippen molar-refractivity contribution in [2.45, 2.75) is 39.2 Å². The van der Waals surface area contributed by atoms with E-state index in [9.17, 15) is 0 Å². The van der Waals surface area contributed by atoms with Crippen LogP contribution in [0.15, 0.2) is 24.5 Å². The van der Waals surface area contributed by atoms with E-state index in [4.69, 9.17) is 5.73 Å². The molecule has 19 heavy (non-hydrogen) atoms. The first-order chi connectivity index (χ1) is 9.31.